The zero-order chi connectivity index (χ0) is 11.5. The van der Waals surface area contributed by atoms with E-state index < -0.39 is 6.10 Å². The van der Waals surface area contributed by atoms with Gasteiger partial charge in [0.15, 0.2) is 0 Å². The molecule has 0 aromatic heterocycles. The molecule has 0 spiro atoms. The molecule has 2 N–H and O–H groups in total. The van der Waals surface area contributed by atoms with Gasteiger partial charge in [-0.1, -0.05) is 12.1 Å². The average molecular weight is 225 g/mol. The van der Waals surface area contributed by atoms with Crippen LogP contribution in [0.15, 0.2) is 24.3 Å². The molecule has 1 heterocycles. The van der Waals surface area contributed by atoms with Crippen LogP contribution in [-0.2, 0) is 0 Å². The minimum absolute atomic E-state index is 0.292. The molecule has 0 saturated carbocycles. The fourth-order valence-corrected chi connectivity index (χ4v) is 2.04. The number of rotatable bonds is 3. The van der Waals surface area contributed by atoms with Crippen molar-refractivity contribution in [3.05, 3.63) is 35.6 Å². The van der Waals surface area contributed by atoms with Crippen LogP contribution in [0.1, 0.15) is 18.1 Å². The van der Waals surface area contributed by atoms with Crippen molar-refractivity contribution in [3.63, 3.8) is 0 Å². The van der Waals surface area contributed by atoms with E-state index in [2.05, 4.69) is 0 Å². The smallest absolute Gasteiger partial charge is 0.123 e. The Morgan fingerprint density at radius 3 is 2.94 bits per heavy atom. The molecule has 1 fully saturated rings. The van der Waals surface area contributed by atoms with Gasteiger partial charge in [0.05, 0.1) is 12.2 Å². The third-order valence-corrected chi connectivity index (χ3v) is 2.91. The summed E-state index contributed by atoms with van der Waals surface area (Å²) >= 11 is 0. The Hall–Kier alpha value is -0.970. The Labute approximate surface area is 94.1 Å². The summed E-state index contributed by atoms with van der Waals surface area (Å²) in [7, 11) is 0. The highest BCUT2D eigenvalue weighted by Gasteiger charge is 2.22. The molecule has 0 aliphatic carbocycles. The quantitative estimate of drug-likeness (QED) is 0.804. The van der Waals surface area contributed by atoms with Crippen LogP contribution in [-0.4, -0.2) is 40.9 Å². The maximum absolute atomic E-state index is 12.9. The van der Waals surface area contributed by atoms with Crippen molar-refractivity contribution in [1.82, 2.24) is 4.90 Å². The molecule has 2 rings (SSSR count). The maximum Gasteiger partial charge on any atom is 0.123 e. The average Bonchev–Trinajstić information content (AvgIpc) is 2.64. The van der Waals surface area contributed by atoms with Gasteiger partial charge in [-0.25, -0.2) is 4.39 Å². The topological polar surface area (TPSA) is 43.7 Å². The number of hydrogen-bond donors (Lipinski definition) is 2. The normalized spacial score (nSPS) is 23.6. The summed E-state index contributed by atoms with van der Waals surface area (Å²) in [5.41, 5.74) is 0.585. The van der Waals surface area contributed by atoms with Crippen LogP contribution in [0.5, 0.6) is 0 Å². The second kappa shape index (κ2) is 4.91. The second-order valence-corrected chi connectivity index (χ2v) is 4.27. The first-order chi connectivity index (χ1) is 7.65. The summed E-state index contributed by atoms with van der Waals surface area (Å²) in [6, 6.07) is 6.00. The number of likely N-dealkylation sites (tertiary alicyclic amines) is 1. The van der Waals surface area contributed by atoms with Gasteiger partial charge >= 0.3 is 0 Å². The molecule has 2 unspecified atom stereocenters. The number of hydrogen-bond acceptors (Lipinski definition) is 3. The molecule has 16 heavy (non-hydrogen) atoms. The van der Waals surface area contributed by atoms with E-state index in [1.807, 2.05) is 4.90 Å². The lowest BCUT2D eigenvalue weighted by Gasteiger charge is -2.19. The molecule has 0 radical (unpaired) electrons. The van der Waals surface area contributed by atoms with Gasteiger partial charge < -0.3 is 10.2 Å². The third kappa shape index (κ3) is 2.78. The molecule has 3 nitrogen and oxygen atoms in total. The number of nitrogens with zero attached hydrogens (tertiary/aromatic N) is 1. The van der Waals surface area contributed by atoms with Gasteiger partial charge in [-0.15, -0.1) is 0 Å². The summed E-state index contributed by atoms with van der Waals surface area (Å²) in [6.45, 7) is 1.82. The Bertz CT molecular complexity index is 359. The van der Waals surface area contributed by atoms with Gasteiger partial charge in [0.25, 0.3) is 0 Å². The van der Waals surface area contributed by atoms with Gasteiger partial charge in [-0.05, 0) is 24.1 Å². The number of β-amino-alcohol motifs (C(OH)–C–C–N with tert-alkyl or cyclic N) is 2. The molecule has 1 aromatic carbocycles. The van der Waals surface area contributed by atoms with Crippen molar-refractivity contribution < 1.29 is 14.6 Å². The van der Waals surface area contributed by atoms with E-state index >= 15 is 0 Å². The second-order valence-electron chi connectivity index (χ2n) is 4.27. The van der Waals surface area contributed by atoms with Crippen LogP contribution in [0.2, 0.25) is 0 Å². The lowest BCUT2D eigenvalue weighted by molar-refractivity contribution is 0.113. The van der Waals surface area contributed by atoms with Gasteiger partial charge in [0.1, 0.15) is 5.82 Å². The van der Waals surface area contributed by atoms with Crippen molar-refractivity contribution in [2.75, 3.05) is 19.6 Å². The van der Waals surface area contributed by atoms with E-state index in [0.717, 1.165) is 13.0 Å². The summed E-state index contributed by atoms with van der Waals surface area (Å²) in [5, 5.41) is 19.2. The monoisotopic (exact) mass is 225 g/mol. The van der Waals surface area contributed by atoms with Crippen LogP contribution < -0.4 is 0 Å². The molecular formula is C12H16FNO2. The number of aliphatic hydroxyl groups excluding tert-OH is 2. The van der Waals surface area contributed by atoms with Gasteiger partial charge in [-0.3, -0.25) is 4.90 Å². The van der Waals surface area contributed by atoms with Crippen LogP contribution in [0, 0.1) is 5.82 Å². The fourth-order valence-electron chi connectivity index (χ4n) is 2.04. The minimum atomic E-state index is -0.694. The van der Waals surface area contributed by atoms with E-state index in [1.54, 1.807) is 12.1 Å². The highest BCUT2D eigenvalue weighted by molar-refractivity contribution is 5.19. The summed E-state index contributed by atoms with van der Waals surface area (Å²) in [6.07, 6.45) is -0.240. The molecule has 2 atom stereocenters. The van der Waals surface area contributed by atoms with Crippen molar-refractivity contribution in [2.24, 2.45) is 0 Å². The molecule has 4 heteroatoms. The molecule has 1 aromatic rings. The molecule has 1 aliphatic rings. The minimum Gasteiger partial charge on any atom is -0.392 e. The predicted molar refractivity (Wildman–Crippen MR) is 58.4 cm³/mol. The lowest BCUT2D eigenvalue weighted by Crippen LogP contribution is -2.27. The van der Waals surface area contributed by atoms with E-state index in [4.69, 9.17) is 0 Å². The van der Waals surface area contributed by atoms with E-state index in [0.29, 0.717) is 18.7 Å². The first-order valence-electron chi connectivity index (χ1n) is 5.49. The Morgan fingerprint density at radius 1 is 1.50 bits per heavy atom. The zero-order valence-corrected chi connectivity index (χ0v) is 9.01. The van der Waals surface area contributed by atoms with Crippen LogP contribution in [0.25, 0.3) is 0 Å². The molecule has 1 saturated heterocycles. The van der Waals surface area contributed by atoms with Gasteiger partial charge in [0.2, 0.25) is 0 Å². The Balaban J connectivity index is 1.95. The van der Waals surface area contributed by atoms with Crippen LogP contribution >= 0.6 is 0 Å². The Kier molecular flexibility index (Phi) is 3.53. The van der Waals surface area contributed by atoms with E-state index in [9.17, 15) is 14.6 Å². The first-order valence-corrected chi connectivity index (χ1v) is 5.49. The summed E-state index contributed by atoms with van der Waals surface area (Å²) < 4.78 is 12.9. The van der Waals surface area contributed by atoms with Crippen LogP contribution in [0.3, 0.4) is 0 Å². The van der Waals surface area contributed by atoms with Crippen molar-refractivity contribution in [1.29, 1.82) is 0 Å². The highest BCUT2D eigenvalue weighted by Crippen LogP contribution is 2.18. The van der Waals surface area contributed by atoms with Gasteiger partial charge in [0, 0.05) is 19.6 Å². The predicted octanol–water partition coefficient (Wildman–Crippen LogP) is 0.926. The standard InChI is InChI=1S/C12H16FNO2/c13-10-3-1-2-9(6-10)12(16)8-14-5-4-11(15)7-14/h1-3,6,11-12,15-16H,4-5,7-8H2. The molecule has 0 amide bonds. The highest BCUT2D eigenvalue weighted by atomic mass is 19.1. The summed E-state index contributed by atoms with van der Waals surface area (Å²) in [5.74, 6) is -0.335. The number of halogens is 1. The summed E-state index contributed by atoms with van der Waals surface area (Å²) in [4.78, 5) is 1.99. The van der Waals surface area contributed by atoms with Crippen molar-refractivity contribution in [2.45, 2.75) is 18.6 Å². The van der Waals surface area contributed by atoms with Gasteiger partial charge in [-0.2, -0.15) is 0 Å². The molecule has 88 valence electrons. The van der Waals surface area contributed by atoms with Crippen molar-refractivity contribution in [3.8, 4) is 0 Å². The largest absolute Gasteiger partial charge is 0.392 e. The molecular weight excluding hydrogens is 209 g/mol. The maximum atomic E-state index is 12.9. The van der Waals surface area contributed by atoms with E-state index in [1.165, 1.54) is 12.1 Å². The molecule has 1 aliphatic heterocycles. The lowest BCUT2D eigenvalue weighted by atomic mass is 10.1. The van der Waals surface area contributed by atoms with Crippen LogP contribution in [0.4, 0.5) is 4.39 Å². The fraction of sp³-hybridized carbons (Fsp3) is 0.500. The third-order valence-electron chi connectivity index (χ3n) is 2.91. The SMILES string of the molecule is OC1CCN(CC(O)c2cccc(F)c2)C1. The van der Waals surface area contributed by atoms with E-state index in [-0.39, 0.29) is 11.9 Å². The molecule has 0 bridgehead atoms. The first kappa shape index (κ1) is 11.5. The number of aliphatic hydroxyl groups is 2. The number of benzene rings is 1. The zero-order valence-electron chi connectivity index (χ0n) is 9.01. The van der Waals surface area contributed by atoms with Crippen molar-refractivity contribution >= 4 is 0 Å². The Morgan fingerprint density at radius 2 is 2.31 bits per heavy atom.